The van der Waals surface area contributed by atoms with E-state index < -0.39 is 11.5 Å². The highest BCUT2D eigenvalue weighted by molar-refractivity contribution is 5.77. The van der Waals surface area contributed by atoms with Crippen LogP contribution in [0.4, 0.5) is 0 Å². The first-order chi connectivity index (χ1) is 12.8. The van der Waals surface area contributed by atoms with Crippen LogP contribution in [0.25, 0.3) is 0 Å². The number of carboxylic acid groups (broad SMARTS) is 1. The Hall–Kier alpha value is -1.95. The fourth-order valence-electron chi connectivity index (χ4n) is 3.14. The van der Waals surface area contributed by atoms with Crippen LogP contribution in [0.2, 0.25) is 0 Å². The molecule has 6 heteroatoms. The minimum atomic E-state index is -1.22. The van der Waals surface area contributed by atoms with Gasteiger partial charge < -0.3 is 25.1 Å². The van der Waals surface area contributed by atoms with Gasteiger partial charge in [-0.15, -0.1) is 0 Å². The summed E-state index contributed by atoms with van der Waals surface area (Å²) >= 11 is 0. The standard InChI is InChI=1S/C21H35NO5/c1-6-15(14-21(5,22)20(23)24)10-11-16-12-17(25-7-2)13-18(26-8-3)19(16)27-9-4/h12-13,15H,6-11,14,22H2,1-5H3,(H,23,24). The van der Waals surface area contributed by atoms with Crippen molar-refractivity contribution in [3.8, 4) is 17.2 Å². The van der Waals surface area contributed by atoms with Crippen LogP contribution < -0.4 is 19.9 Å². The van der Waals surface area contributed by atoms with E-state index in [9.17, 15) is 9.90 Å². The number of hydrogen-bond acceptors (Lipinski definition) is 5. The molecule has 0 radical (unpaired) electrons. The van der Waals surface area contributed by atoms with Gasteiger partial charge in [0.1, 0.15) is 11.3 Å². The van der Waals surface area contributed by atoms with Crippen molar-refractivity contribution in [2.45, 2.75) is 65.8 Å². The fourth-order valence-corrected chi connectivity index (χ4v) is 3.14. The minimum absolute atomic E-state index is 0.205. The van der Waals surface area contributed by atoms with E-state index in [-0.39, 0.29) is 5.92 Å². The van der Waals surface area contributed by atoms with Crippen LogP contribution in [-0.4, -0.2) is 36.4 Å². The van der Waals surface area contributed by atoms with Crippen molar-refractivity contribution in [1.82, 2.24) is 0 Å². The monoisotopic (exact) mass is 381 g/mol. The molecule has 0 fully saturated rings. The Bertz CT molecular complexity index is 600. The summed E-state index contributed by atoms with van der Waals surface area (Å²) in [5.41, 5.74) is 5.74. The molecule has 0 spiro atoms. The molecule has 0 saturated carbocycles. The van der Waals surface area contributed by atoms with Crippen molar-refractivity contribution in [3.63, 3.8) is 0 Å². The zero-order valence-electron chi connectivity index (χ0n) is 17.3. The average Bonchev–Trinajstić information content (AvgIpc) is 2.61. The van der Waals surface area contributed by atoms with Crippen LogP contribution in [0.15, 0.2) is 12.1 Å². The molecule has 1 rings (SSSR count). The van der Waals surface area contributed by atoms with Gasteiger partial charge >= 0.3 is 5.97 Å². The number of rotatable bonds is 13. The average molecular weight is 382 g/mol. The Labute approximate surface area is 163 Å². The molecule has 0 aromatic heterocycles. The zero-order valence-corrected chi connectivity index (χ0v) is 17.3. The summed E-state index contributed by atoms with van der Waals surface area (Å²) < 4.78 is 17.3. The molecule has 0 saturated heterocycles. The van der Waals surface area contributed by atoms with Gasteiger partial charge in [0.2, 0.25) is 0 Å². The van der Waals surface area contributed by atoms with E-state index in [0.717, 1.165) is 36.3 Å². The molecular formula is C21H35NO5. The Morgan fingerprint density at radius 3 is 2.26 bits per heavy atom. The SMILES string of the molecule is CCOc1cc(CCC(CC)CC(C)(N)C(=O)O)c(OCC)c(OCC)c1. The predicted octanol–water partition coefficient (Wildman–Crippen LogP) is 4.03. The number of benzene rings is 1. The predicted molar refractivity (Wildman–Crippen MR) is 107 cm³/mol. The first-order valence-electron chi connectivity index (χ1n) is 9.86. The fraction of sp³-hybridized carbons (Fsp3) is 0.667. The Morgan fingerprint density at radius 1 is 1.11 bits per heavy atom. The van der Waals surface area contributed by atoms with E-state index in [1.54, 1.807) is 6.92 Å². The second-order valence-corrected chi connectivity index (χ2v) is 6.95. The summed E-state index contributed by atoms with van der Waals surface area (Å²) in [6.45, 7) is 11.1. The Morgan fingerprint density at radius 2 is 1.74 bits per heavy atom. The van der Waals surface area contributed by atoms with E-state index in [0.29, 0.717) is 32.0 Å². The van der Waals surface area contributed by atoms with E-state index in [1.807, 2.05) is 32.9 Å². The van der Waals surface area contributed by atoms with Crippen molar-refractivity contribution in [2.75, 3.05) is 19.8 Å². The maximum Gasteiger partial charge on any atom is 0.323 e. The van der Waals surface area contributed by atoms with Gasteiger partial charge in [0.25, 0.3) is 0 Å². The van der Waals surface area contributed by atoms with Gasteiger partial charge in [-0.05, 0) is 58.9 Å². The number of carboxylic acids is 1. The minimum Gasteiger partial charge on any atom is -0.494 e. The third kappa shape index (κ3) is 6.94. The highest BCUT2D eigenvalue weighted by Gasteiger charge is 2.30. The van der Waals surface area contributed by atoms with Crippen molar-refractivity contribution in [3.05, 3.63) is 17.7 Å². The molecule has 2 atom stereocenters. The molecule has 0 amide bonds. The number of ether oxygens (including phenoxy) is 3. The molecule has 0 bridgehead atoms. The number of hydrogen-bond donors (Lipinski definition) is 2. The van der Waals surface area contributed by atoms with Crippen LogP contribution in [0.1, 0.15) is 59.4 Å². The third-order valence-electron chi connectivity index (χ3n) is 4.61. The van der Waals surface area contributed by atoms with Gasteiger partial charge in [0.15, 0.2) is 11.5 Å². The molecule has 2 unspecified atom stereocenters. The highest BCUT2D eigenvalue weighted by atomic mass is 16.5. The first kappa shape index (κ1) is 23.1. The summed E-state index contributed by atoms with van der Waals surface area (Å²) in [5, 5.41) is 9.30. The van der Waals surface area contributed by atoms with Crippen LogP contribution in [0, 0.1) is 5.92 Å². The number of carbonyl (C=O) groups is 1. The maximum absolute atomic E-state index is 11.3. The van der Waals surface area contributed by atoms with E-state index in [1.165, 1.54) is 0 Å². The normalized spacial score (nSPS) is 14.3. The molecule has 27 heavy (non-hydrogen) atoms. The largest absolute Gasteiger partial charge is 0.494 e. The quantitative estimate of drug-likeness (QED) is 0.536. The Kier molecular flexibility index (Phi) is 9.43. The molecule has 1 aromatic carbocycles. The van der Waals surface area contributed by atoms with Crippen molar-refractivity contribution in [1.29, 1.82) is 0 Å². The summed E-state index contributed by atoms with van der Waals surface area (Å²) in [7, 11) is 0. The molecule has 0 aliphatic heterocycles. The second-order valence-electron chi connectivity index (χ2n) is 6.95. The van der Waals surface area contributed by atoms with Crippen molar-refractivity contribution < 1.29 is 24.1 Å². The molecular weight excluding hydrogens is 346 g/mol. The summed E-state index contributed by atoms with van der Waals surface area (Å²) in [4.78, 5) is 11.3. The number of aryl methyl sites for hydroxylation is 1. The lowest BCUT2D eigenvalue weighted by Gasteiger charge is -2.25. The summed E-state index contributed by atoms with van der Waals surface area (Å²) in [6.07, 6.45) is 2.86. The Balaban J connectivity index is 3.05. The van der Waals surface area contributed by atoms with Gasteiger partial charge in [-0.25, -0.2) is 0 Å². The van der Waals surface area contributed by atoms with Crippen LogP contribution in [0.5, 0.6) is 17.2 Å². The van der Waals surface area contributed by atoms with Crippen LogP contribution >= 0.6 is 0 Å². The third-order valence-corrected chi connectivity index (χ3v) is 4.61. The molecule has 0 heterocycles. The van der Waals surface area contributed by atoms with Gasteiger partial charge in [-0.3, -0.25) is 4.79 Å². The lowest BCUT2D eigenvalue weighted by Crippen LogP contribution is -2.46. The van der Waals surface area contributed by atoms with Gasteiger partial charge in [0.05, 0.1) is 19.8 Å². The molecule has 6 nitrogen and oxygen atoms in total. The smallest absolute Gasteiger partial charge is 0.323 e. The number of nitrogens with two attached hydrogens (primary N) is 1. The molecule has 0 aliphatic carbocycles. The van der Waals surface area contributed by atoms with Gasteiger partial charge in [-0.2, -0.15) is 0 Å². The lowest BCUT2D eigenvalue weighted by atomic mass is 9.84. The first-order valence-corrected chi connectivity index (χ1v) is 9.86. The van der Waals surface area contributed by atoms with E-state index in [4.69, 9.17) is 19.9 Å². The second kappa shape index (κ2) is 11.0. The van der Waals surface area contributed by atoms with Crippen molar-refractivity contribution in [2.24, 2.45) is 11.7 Å². The van der Waals surface area contributed by atoms with E-state index in [2.05, 4.69) is 6.92 Å². The zero-order chi connectivity index (χ0) is 20.4. The lowest BCUT2D eigenvalue weighted by molar-refractivity contribution is -0.143. The molecule has 3 N–H and O–H groups in total. The summed E-state index contributed by atoms with van der Waals surface area (Å²) in [6, 6.07) is 3.85. The van der Waals surface area contributed by atoms with Crippen LogP contribution in [-0.2, 0) is 11.2 Å². The topological polar surface area (TPSA) is 91.0 Å². The molecule has 1 aromatic rings. The maximum atomic E-state index is 11.3. The summed E-state index contributed by atoms with van der Waals surface area (Å²) in [5.74, 6) is 1.42. The number of aliphatic carboxylic acids is 1. The van der Waals surface area contributed by atoms with Crippen LogP contribution in [0.3, 0.4) is 0 Å². The van der Waals surface area contributed by atoms with Gasteiger partial charge in [-0.1, -0.05) is 13.3 Å². The van der Waals surface area contributed by atoms with E-state index >= 15 is 0 Å². The van der Waals surface area contributed by atoms with Crippen molar-refractivity contribution >= 4 is 5.97 Å². The van der Waals surface area contributed by atoms with Gasteiger partial charge in [0, 0.05) is 11.6 Å². The molecule has 0 aliphatic rings. The highest BCUT2D eigenvalue weighted by Crippen LogP contribution is 2.38. The molecule has 154 valence electrons.